The first-order chi connectivity index (χ1) is 7.76. The summed E-state index contributed by atoms with van der Waals surface area (Å²) in [5.41, 5.74) is 8.16. The Morgan fingerprint density at radius 2 is 1.94 bits per heavy atom. The van der Waals surface area contributed by atoms with Crippen molar-refractivity contribution in [3.05, 3.63) is 17.5 Å². The second-order valence-electron chi connectivity index (χ2n) is 2.96. The lowest BCUT2D eigenvalue weighted by Crippen LogP contribution is -2.20. The van der Waals surface area contributed by atoms with E-state index in [2.05, 4.69) is 9.72 Å². The summed E-state index contributed by atoms with van der Waals surface area (Å²) in [7, 11) is 0. The number of alkyl halides is 5. The van der Waals surface area contributed by atoms with E-state index in [1.165, 1.54) is 0 Å². The molecular weight excluding hydrogens is 249 g/mol. The number of nitrogens with two attached hydrogens (primary N) is 2. The second kappa shape index (κ2) is 4.70. The van der Waals surface area contributed by atoms with Gasteiger partial charge >= 0.3 is 6.36 Å². The number of hydrogen-bond donors (Lipinski definition) is 2. The van der Waals surface area contributed by atoms with E-state index in [-0.39, 0.29) is 0 Å². The molecule has 0 aliphatic rings. The minimum absolute atomic E-state index is 0.395. The van der Waals surface area contributed by atoms with Crippen molar-refractivity contribution in [2.24, 2.45) is 5.73 Å². The second-order valence-corrected chi connectivity index (χ2v) is 2.96. The smallest absolute Gasteiger partial charge is 0.403 e. The molecule has 96 valence electrons. The first kappa shape index (κ1) is 13.4. The molecule has 1 aromatic heterocycles. The first-order valence-electron chi connectivity index (χ1n) is 4.27. The van der Waals surface area contributed by atoms with Gasteiger partial charge in [0.1, 0.15) is 0 Å². The van der Waals surface area contributed by atoms with Crippen LogP contribution in [0.25, 0.3) is 0 Å². The largest absolute Gasteiger partial charge is 0.573 e. The lowest BCUT2D eigenvalue weighted by molar-refractivity contribution is -0.274. The average Bonchev–Trinajstić information content (AvgIpc) is 2.18. The van der Waals surface area contributed by atoms with Gasteiger partial charge in [0.15, 0.2) is 5.75 Å². The van der Waals surface area contributed by atoms with Gasteiger partial charge in [-0.3, -0.25) is 4.98 Å². The molecule has 0 aliphatic heterocycles. The molecule has 4 N–H and O–H groups in total. The predicted octanol–water partition coefficient (Wildman–Crippen LogP) is 1.96. The van der Waals surface area contributed by atoms with Crippen LogP contribution in [0.3, 0.4) is 0 Å². The zero-order chi connectivity index (χ0) is 13.2. The molecule has 17 heavy (non-hydrogen) atoms. The Bertz CT molecular complexity index is 407. The Hall–Kier alpha value is -1.64. The minimum Gasteiger partial charge on any atom is -0.403 e. The molecule has 0 aromatic carbocycles. The molecule has 1 aromatic rings. The van der Waals surface area contributed by atoms with Crippen LogP contribution >= 0.6 is 0 Å². The maximum atomic E-state index is 12.6. The van der Waals surface area contributed by atoms with E-state index < -0.39 is 42.0 Å². The third kappa shape index (κ3) is 3.16. The number of rotatable bonds is 3. The molecule has 0 bridgehead atoms. The number of pyridine rings is 1. The lowest BCUT2D eigenvalue weighted by atomic mass is 10.1. The maximum absolute atomic E-state index is 12.6. The standard InChI is InChI=1S/C8H8F5N3O/c9-7(10)5-4(1-14)16-2-3(15)6(5)17-8(11,12)13/h2,7H,1,14-15H2. The summed E-state index contributed by atoms with van der Waals surface area (Å²) < 4.78 is 64.8. The summed E-state index contributed by atoms with van der Waals surface area (Å²) in [5, 5.41) is 0. The molecule has 1 heterocycles. The normalized spacial score (nSPS) is 11.9. The topological polar surface area (TPSA) is 74.2 Å². The van der Waals surface area contributed by atoms with E-state index >= 15 is 0 Å². The molecule has 0 amide bonds. The number of hydrogen-bond acceptors (Lipinski definition) is 4. The van der Waals surface area contributed by atoms with Crippen molar-refractivity contribution in [2.45, 2.75) is 19.3 Å². The van der Waals surface area contributed by atoms with Gasteiger partial charge in [0.25, 0.3) is 6.43 Å². The van der Waals surface area contributed by atoms with E-state index in [4.69, 9.17) is 11.5 Å². The fourth-order valence-corrected chi connectivity index (χ4v) is 1.18. The number of anilines is 1. The zero-order valence-electron chi connectivity index (χ0n) is 8.26. The average molecular weight is 257 g/mol. The number of nitrogen functional groups attached to an aromatic ring is 1. The summed E-state index contributed by atoms with van der Waals surface area (Å²) >= 11 is 0. The lowest BCUT2D eigenvalue weighted by Gasteiger charge is -2.16. The van der Waals surface area contributed by atoms with Crippen molar-refractivity contribution in [1.29, 1.82) is 0 Å². The molecule has 1 rings (SSSR count). The SMILES string of the molecule is NCc1ncc(N)c(OC(F)(F)F)c1C(F)F. The molecular formula is C8H8F5N3O. The Morgan fingerprint density at radius 3 is 2.35 bits per heavy atom. The van der Waals surface area contributed by atoms with E-state index in [1.807, 2.05) is 0 Å². The van der Waals surface area contributed by atoms with Gasteiger partial charge in [-0.25, -0.2) is 8.78 Å². The number of halogens is 5. The van der Waals surface area contributed by atoms with Gasteiger partial charge in [0.2, 0.25) is 0 Å². The zero-order valence-corrected chi connectivity index (χ0v) is 8.26. The molecule has 0 spiro atoms. The van der Waals surface area contributed by atoms with Gasteiger partial charge in [0.05, 0.1) is 23.1 Å². The van der Waals surface area contributed by atoms with E-state index in [9.17, 15) is 22.0 Å². The van der Waals surface area contributed by atoms with Crippen LogP contribution in [0.2, 0.25) is 0 Å². The predicted molar refractivity (Wildman–Crippen MR) is 48.2 cm³/mol. The summed E-state index contributed by atoms with van der Waals surface area (Å²) in [6.45, 7) is -0.450. The van der Waals surface area contributed by atoms with Crippen LogP contribution in [0.4, 0.5) is 27.6 Å². The van der Waals surface area contributed by atoms with E-state index in [1.54, 1.807) is 0 Å². The summed E-state index contributed by atoms with van der Waals surface area (Å²) in [6, 6.07) is 0. The van der Waals surface area contributed by atoms with E-state index in [0.29, 0.717) is 0 Å². The molecule has 0 unspecified atom stereocenters. The first-order valence-corrected chi connectivity index (χ1v) is 4.27. The monoisotopic (exact) mass is 257 g/mol. The number of aromatic nitrogens is 1. The summed E-state index contributed by atoms with van der Waals surface area (Å²) in [5.74, 6) is -1.15. The summed E-state index contributed by atoms with van der Waals surface area (Å²) in [6.07, 6.45) is -7.55. The highest BCUT2D eigenvalue weighted by atomic mass is 19.4. The quantitative estimate of drug-likeness (QED) is 0.812. The van der Waals surface area contributed by atoms with Crippen LogP contribution in [0.5, 0.6) is 5.75 Å². The molecule has 0 atom stereocenters. The van der Waals surface area contributed by atoms with Crippen molar-refractivity contribution >= 4 is 5.69 Å². The van der Waals surface area contributed by atoms with Gasteiger partial charge in [0, 0.05) is 6.54 Å². The fourth-order valence-electron chi connectivity index (χ4n) is 1.18. The highest BCUT2D eigenvalue weighted by Crippen LogP contribution is 2.38. The highest BCUT2D eigenvalue weighted by molar-refractivity contribution is 5.57. The van der Waals surface area contributed by atoms with Crippen LogP contribution < -0.4 is 16.2 Å². The molecule has 0 radical (unpaired) electrons. The Kier molecular flexibility index (Phi) is 3.71. The molecule has 0 fully saturated rings. The molecule has 0 saturated heterocycles. The van der Waals surface area contributed by atoms with Gasteiger partial charge in [-0.1, -0.05) is 0 Å². The van der Waals surface area contributed by atoms with Gasteiger partial charge in [-0.05, 0) is 0 Å². The van der Waals surface area contributed by atoms with Crippen LogP contribution in [0, 0.1) is 0 Å². The van der Waals surface area contributed by atoms with Crippen molar-refractivity contribution in [1.82, 2.24) is 4.98 Å². The number of nitrogens with zero attached hydrogens (tertiary/aromatic N) is 1. The van der Waals surface area contributed by atoms with Crippen LogP contribution in [-0.4, -0.2) is 11.3 Å². The minimum atomic E-state index is -5.12. The van der Waals surface area contributed by atoms with Crippen molar-refractivity contribution in [2.75, 3.05) is 5.73 Å². The fraction of sp³-hybridized carbons (Fsp3) is 0.375. The van der Waals surface area contributed by atoms with Gasteiger partial charge in [-0.2, -0.15) is 0 Å². The molecule has 0 aliphatic carbocycles. The third-order valence-electron chi connectivity index (χ3n) is 1.81. The van der Waals surface area contributed by atoms with Gasteiger partial charge < -0.3 is 16.2 Å². The maximum Gasteiger partial charge on any atom is 0.573 e. The summed E-state index contributed by atoms with van der Waals surface area (Å²) in [4.78, 5) is 3.43. The number of ether oxygens (including phenoxy) is 1. The van der Waals surface area contributed by atoms with E-state index in [0.717, 1.165) is 6.20 Å². The van der Waals surface area contributed by atoms with Crippen molar-refractivity contribution in [3.8, 4) is 5.75 Å². The van der Waals surface area contributed by atoms with Crippen LogP contribution in [-0.2, 0) is 6.54 Å². The molecule has 9 heteroatoms. The Morgan fingerprint density at radius 1 is 1.35 bits per heavy atom. The Labute approximate surface area is 92.4 Å². The highest BCUT2D eigenvalue weighted by Gasteiger charge is 2.35. The Balaban J connectivity index is 3.34. The third-order valence-corrected chi connectivity index (χ3v) is 1.81. The van der Waals surface area contributed by atoms with Crippen LogP contribution in [0.1, 0.15) is 17.7 Å². The van der Waals surface area contributed by atoms with Gasteiger partial charge in [-0.15, -0.1) is 13.2 Å². The van der Waals surface area contributed by atoms with Crippen molar-refractivity contribution < 1.29 is 26.7 Å². The van der Waals surface area contributed by atoms with Crippen LogP contribution in [0.15, 0.2) is 6.20 Å². The van der Waals surface area contributed by atoms with Crippen molar-refractivity contribution in [3.63, 3.8) is 0 Å². The molecule has 0 saturated carbocycles. The molecule has 4 nitrogen and oxygen atoms in total.